The molecule has 1 saturated carbocycles. The van der Waals surface area contributed by atoms with Crippen LogP contribution >= 0.6 is 23.2 Å². The highest BCUT2D eigenvalue weighted by atomic mass is 35.5. The molecule has 0 amide bonds. The van der Waals surface area contributed by atoms with Crippen molar-refractivity contribution in [3.8, 4) is 5.75 Å². The van der Waals surface area contributed by atoms with Crippen LogP contribution in [-0.2, 0) is 12.8 Å². The number of fused-ring (bicyclic) bond motifs is 1. The fourth-order valence-electron chi connectivity index (χ4n) is 3.99. The Morgan fingerprint density at radius 2 is 2.14 bits per heavy atom. The minimum absolute atomic E-state index is 0.300. The molecule has 0 aromatic heterocycles. The van der Waals surface area contributed by atoms with Crippen LogP contribution in [0.15, 0.2) is 12.1 Å². The fraction of sp³-hybridized carbons (Fsp3) is 0.667. The van der Waals surface area contributed by atoms with Crippen molar-refractivity contribution < 1.29 is 4.74 Å². The van der Waals surface area contributed by atoms with E-state index < -0.39 is 0 Å². The predicted octanol–water partition coefficient (Wildman–Crippen LogP) is 5.64. The van der Waals surface area contributed by atoms with Gasteiger partial charge in [-0.15, -0.1) is 11.6 Å². The topological polar surface area (TPSA) is 9.23 Å². The van der Waals surface area contributed by atoms with Gasteiger partial charge in [-0.3, -0.25) is 0 Å². The lowest BCUT2D eigenvalue weighted by Gasteiger charge is -2.33. The molecule has 2 aliphatic rings. The summed E-state index contributed by atoms with van der Waals surface area (Å²) in [6.07, 6.45) is 8.31. The van der Waals surface area contributed by atoms with E-state index in [1.54, 1.807) is 0 Å². The molecule has 0 radical (unpaired) electrons. The van der Waals surface area contributed by atoms with Crippen LogP contribution in [-0.4, -0.2) is 12.0 Å². The molecular formula is C18H24Cl2O. The zero-order chi connectivity index (χ0) is 14.8. The van der Waals surface area contributed by atoms with Gasteiger partial charge in [0, 0.05) is 16.8 Å². The van der Waals surface area contributed by atoms with E-state index in [2.05, 4.69) is 13.0 Å². The molecule has 0 N–H and O–H groups in total. The quantitative estimate of drug-likeness (QED) is 0.650. The minimum Gasteiger partial charge on any atom is -0.493 e. The zero-order valence-corrected chi connectivity index (χ0v) is 14.2. The molecule has 3 heteroatoms. The summed E-state index contributed by atoms with van der Waals surface area (Å²) in [5.41, 5.74) is 2.53. The molecule has 1 aliphatic heterocycles. The van der Waals surface area contributed by atoms with E-state index >= 15 is 0 Å². The number of hydrogen-bond acceptors (Lipinski definition) is 1. The Morgan fingerprint density at radius 3 is 2.95 bits per heavy atom. The van der Waals surface area contributed by atoms with Crippen LogP contribution in [0.25, 0.3) is 0 Å². The van der Waals surface area contributed by atoms with Gasteiger partial charge in [0.1, 0.15) is 5.75 Å². The first-order valence-electron chi connectivity index (χ1n) is 8.25. The average Bonchev–Trinajstić information content (AvgIpc) is 2.91. The van der Waals surface area contributed by atoms with Crippen molar-refractivity contribution in [1.82, 2.24) is 0 Å². The van der Waals surface area contributed by atoms with E-state index in [1.165, 1.54) is 36.8 Å². The number of rotatable bonds is 4. The summed E-state index contributed by atoms with van der Waals surface area (Å²) < 4.78 is 5.83. The van der Waals surface area contributed by atoms with Crippen molar-refractivity contribution in [2.45, 2.75) is 57.2 Å². The number of ether oxygens (including phenoxy) is 1. The Balaban J connectivity index is 1.76. The van der Waals surface area contributed by atoms with Gasteiger partial charge in [0.2, 0.25) is 0 Å². The van der Waals surface area contributed by atoms with E-state index in [1.807, 2.05) is 6.07 Å². The van der Waals surface area contributed by atoms with Crippen LogP contribution in [0.5, 0.6) is 5.75 Å². The molecule has 1 aliphatic carbocycles. The molecule has 0 saturated heterocycles. The lowest BCUT2D eigenvalue weighted by molar-refractivity contribution is 0.255. The second kappa shape index (κ2) is 6.79. The first-order chi connectivity index (χ1) is 10.2. The maximum Gasteiger partial charge on any atom is 0.125 e. The highest BCUT2D eigenvalue weighted by molar-refractivity contribution is 6.30. The summed E-state index contributed by atoms with van der Waals surface area (Å²) in [5, 5.41) is 1.13. The standard InChI is InChI=1S/C18H24Cl2O/c1-2-3-12-4-5-17(20)14(8-12)9-15-11-16(19)10-13-6-7-21-18(13)15/h10-12,14,17H,2-9H2,1H3. The van der Waals surface area contributed by atoms with E-state index in [9.17, 15) is 0 Å². The van der Waals surface area contributed by atoms with Crippen molar-refractivity contribution in [3.63, 3.8) is 0 Å². The normalized spacial score (nSPS) is 28.2. The van der Waals surface area contributed by atoms with Crippen molar-refractivity contribution in [2.75, 3.05) is 6.61 Å². The molecule has 3 atom stereocenters. The van der Waals surface area contributed by atoms with Crippen molar-refractivity contribution in [3.05, 3.63) is 28.3 Å². The van der Waals surface area contributed by atoms with Crippen molar-refractivity contribution in [2.24, 2.45) is 11.8 Å². The Bertz CT molecular complexity index is 500. The maximum absolute atomic E-state index is 6.61. The SMILES string of the molecule is CCCC1CCC(Cl)C(Cc2cc(Cl)cc3c2OCC3)C1. The van der Waals surface area contributed by atoms with Crippen LogP contribution in [0.4, 0.5) is 0 Å². The summed E-state index contributed by atoms with van der Waals surface area (Å²) in [5.74, 6) is 2.49. The zero-order valence-electron chi connectivity index (χ0n) is 12.7. The van der Waals surface area contributed by atoms with Crippen LogP contribution in [0.1, 0.15) is 50.2 Å². The van der Waals surface area contributed by atoms with Crippen molar-refractivity contribution >= 4 is 23.2 Å². The van der Waals surface area contributed by atoms with Gasteiger partial charge in [0.05, 0.1) is 6.61 Å². The van der Waals surface area contributed by atoms with Gasteiger partial charge in [-0.2, -0.15) is 0 Å². The largest absolute Gasteiger partial charge is 0.493 e. The van der Waals surface area contributed by atoms with Gasteiger partial charge in [-0.1, -0.05) is 31.4 Å². The molecule has 3 rings (SSSR count). The molecule has 0 bridgehead atoms. The van der Waals surface area contributed by atoms with Crippen LogP contribution in [0, 0.1) is 11.8 Å². The number of halogens is 2. The van der Waals surface area contributed by atoms with E-state index in [0.29, 0.717) is 11.3 Å². The Morgan fingerprint density at radius 1 is 1.29 bits per heavy atom. The molecule has 1 fully saturated rings. The lowest BCUT2D eigenvalue weighted by Crippen LogP contribution is -2.27. The molecular weight excluding hydrogens is 303 g/mol. The van der Waals surface area contributed by atoms with Gasteiger partial charge in [-0.05, 0) is 60.8 Å². The lowest BCUT2D eigenvalue weighted by atomic mass is 9.76. The van der Waals surface area contributed by atoms with Crippen molar-refractivity contribution in [1.29, 1.82) is 0 Å². The monoisotopic (exact) mass is 326 g/mol. The fourth-order valence-corrected chi connectivity index (χ4v) is 4.57. The molecule has 1 aromatic carbocycles. The average molecular weight is 327 g/mol. The molecule has 3 unspecified atom stereocenters. The smallest absolute Gasteiger partial charge is 0.125 e. The highest BCUT2D eigenvalue weighted by Crippen LogP contribution is 2.40. The Kier molecular flexibility index (Phi) is 5.01. The van der Waals surface area contributed by atoms with Crippen LogP contribution in [0.2, 0.25) is 5.02 Å². The molecule has 0 spiro atoms. The minimum atomic E-state index is 0.300. The Labute approximate surface area is 138 Å². The predicted molar refractivity (Wildman–Crippen MR) is 89.7 cm³/mol. The third-order valence-electron chi connectivity index (χ3n) is 5.00. The van der Waals surface area contributed by atoms with Gasteiger partial charge >= 0.3 is 0 Å². The molecule has 21 heavy (non-hydrogen) atoms. The Hall–Kier alpha value is -0.400. The summed E-state index contributed by atoms with van der Waals surface area (Å²) in [7, 11) is 0. The second-order valence-electron chi connectivity index (χ2n) is 6.60. The van der Waals surface area contributed by atoms with Gasteiger partial charge < -0.3 is 4.74 Å². The van der Waals surface area contributed by atoms with Gasteiger partial charge in [0.15, 0.2) is 0 Å². The molecule has 116 valence electrons. The molecule has 1 aromatic rings. The van der Waals surface area contributed by atoms with Crippen LogP contribution < -0.4 is 4.74 Å². The number of benzene rings is 1. The summed E-state index contributed by atoms with van der Waals surface area (Å²) in [6.45, 7) is 3.07. The maximum atomic E-state index is 6.61. The number of alkyl halides is 1. The number of hydrogen-bond donors (Lipinski definition) is 0. The van der Waals surface area contributed by atoms with E-state index in [4.69, 9.17) is 27.9 Å². The molecule has 1 heterocycles. The second-order valence-corrected chi connectivity index (χ2v) is 7.60. The summed E-state index contributed by atoms with van der Waals surface area (Å²) in [6, 6.07) is 4.13. The summed E-state index contributed by atoms with van der Waals surface area (Å²) >= 11 is 12.9. The van der Waals surface area contributed by atoms with Gasteiger partial charge in [0.25, 0.3) is 0 Å². The third kappa shape index (κ3) is 3.51. The van der Waals surface area contributed by atoms with Gasteiger partial charge in [-0.25, -0.2) is 0 Å². The van der Waals surface area contributed by atoms with Crippen LogP contribution in [0.3, 0.4) is 0 Å². The van der Waals surface area contributed by atoms with E-state index in [-0.39, 0.29) is 0 Å². The summed E-state index contributed by atoms with van der Waals surface area (Å²) in [4.78, 5) is 0. The third-order valence-corrected chi connectivity index (χ3v) is 5.80. The first-order valence-corrected chi connectivity index (χ1v) is 9.07. The highest BCUT2D eigenvalue weighted by Gasteiger charge is 2.30. The van der Waals surface area contributed by atoms with E-state index in [0.717, 1.165) is 42.6 Å². The first kappa shape index (κ1) is 15.5. The molecule has 1 nitrogen and oxygen atoms in total.